The third-order valence-corrected chi connectivity index (χ3v) is 5.87. The summed E-state index contributed by atoms with van der Waals surface area (Å²) in [5, 5.41) is 0.389. The monoisotopic (exact) mass is 342 g/mol. The van der Waals surface area contributed by atoms with Gasteiger partial charge in [0.1, 0.15) is 5.75 Å². The van der Waals surface area contributed by atoms with Gasteiger partial charge in [-0.25, -0.2) is 8.42 Å². The van der Waals surface area contributed by atoms with Gasteiger partial charge in [-0.3, -0.25) is 4.90 Å². The highest BCUT2D eigenvalue weighted by atomic mass is 35.5. The quantitative estimate of drug-likeness (QED) is 0.764. The molecule has 5 nitrogen and oxygen atoms in total. The van der Waals surface area contributed by atoms with E-state index in [4.69, 9.17) is 22.8 Å². The van der Waals surface area contributed by atoms with Crippen molar-refractivity contribution in [2.45, 2.75) is 11.3 Å². The van der Waals surface area contributed by atoms with Gasteiger partial charge >= 0.3 is 0 Å². The summed E-state index contributed by atoms with van der Waals surface area (Å²) in [6.07, 6.45) is 5.93. The van der Waals surface area contributed by atoms with Crippen molar-refractivity contribution in [1.82, 2.24) is 9.21 Å². The molecule has 0 aliphatic carbocycles. The maximum absolute atomic E-state index is 12.7. The van der Waals surface area contributed by atoms with Gasteiger partial charge in [0.05, 0.1) is 17.0 Å². The highest BCUT2D eigenvalue weighted by Crippen LogP contribution is 2.28. The molecule has 1 aromatic rings. The van der Waals surface area contributed by atoms with E-state index in [0.29, 0.717) is 43.4 Å². The summed E-state index contributed by atoms with van der Waals surface area (Å²) in [6.45, 7) is 3.09. The summed E-state index contributed by atoms with van der Waals surface area (Å²) in [6, 6.07) is 4.50. The van der Waals surface area contributed by atoms with Gasteiger partial charge in [-0.1, -0.05) is 11.6 Å². The van der Waals surface area contributed by atoms with Crippen LogP contribution in [-0.2, 0) is 10.0 Å². The molecule has 1 aromatic carbocycles. The van der Waals surface area contributed by atoms with Crippen molar-refractivity contribution in [3.8, 4) is 18.1 Å². The topological polar surface area (TPSA) is 49.9 Å². The summed E-state index contributed by atoms with van der Waals surface area (Å²) < 4.78 is 31.9. The van der Waals surface area contributed by atoms with Gasteiger partial charge in [0, 0.05) is 45.2 Å². The number of hydrogen-bond acceptors (Lipinski definition) is 4. The minimum Gasteiger partial charge on any atom is -0.495 e. The average Bonchev–Trinajstić information content (AvgIpc) is 2.53. The first kappa shape index (κ1) is 17.1. The van der Waals surface area contributed by atoms with Crippen LogP contribution in [0.25, 0.3) is 0 Å². The predicted molar refractivity (Wildman–Crippen MR) is 86.7 cm³/mol. The van der Waals surface area contributed by atoms with E-state index < -0.39 is 10.0 Å². The number of sulfonamides is 1. The molecule has 2 rings (SSSR count). The van der Waals surface area contributed by atoms with Crippen LogP contribution in [0.3, 0.4) is 0 Å². The fourth-order valence-electron chi connectivity index (χ4n) is 2.37. The van der Waals surface area contributed by atoms with Crippen molar-refractivity contribution >= 4 is 21.6 Å². The van der Waals surface area contributed by atoms with E-state index in [-0.39, 0.29) is 4.90 Å². The maximum atomic E-state index is 12.7. The smallest absolute Gasteiger partial charge is 0.243 e. The Kier molecular flexibility index (Phi) is 5.70. The molecule has 0 spiro atoms. The van der Waals surface area contributed by atoms with Crippen molar-refractivity contribution in [3.63, 3.8) is 0 Å². The minimum atomic E-state index is -3.53. The van der Waals surface area contributed by atoms with Crippen molar-refractivity contribution in [2.24, 2.45) is 0 Å². The highest BCUT2D eigenvalue weighted by Gasteiger charge is 2.28. The number of rotatable bonds is 5. The Labute approximate surface area is 136 Å². The Morgan fingerprint density at radius 2 is 2.00 bits per heavy atom. The van der Waals surface area contributed by atoms with Crippen molar-refractivity contribution in [1.29, 1.82) is 0 Å². The van der Waals surface area contributed by atoms with Crippen molar-refractivity contribution < 1.29 is 13.2 Å². The van der Waals surface area contributed by atoms with Gasteiger partial charge in [0.25, 0.3) is 0 Å². The van der Waals surface area contributed by atoms with Crippen LogP contribution in [0.2, 0.25) is 5.02 Å². The highest BCUT2D eigenvalue weighted by molar-refractivity contribution is 7.89. The molecule has 0 unspecified atom stereocenters. The summed E-state index contributed by atoms with van der Waals surface area (Å²) in [4.78, 5) is 2.37. The van der Waals surface area contributed by atoms with E-state index in [1.165, 1.54) is 29.6 Å². The molecule has 0 amide bonds. The Bertz CT molecular complexity index is 662. The van der Waals surface area contributed by atoms with Gasteiger partial charge in [-0.05, 0) is 12.1 Å². The number of hydrogen-bond donors (Lipinski definition) is 0. The van der Waals surface area contributed by atoms with Crippen LogP contribution in [0.4, 0.5) is 0 Å². The van der Waals surface area contributed by atoms with Gasteiger partial charge in [0.2, 0.25) is 10.0 Å². The number of methoxy groups -OCH3 is 1. The molecule has 1 fully saturated rings. The third kappa shape index (κ3) is 3.73. The van der Waals surface area contributed by atoms with Crippen LogP contribution in [0.1, 0.15) is 6.42 Å². The van der Waals surface area contributed by atoms with E-state index in [1.54, 1.807) is 0 Å². The standard InChI is InChI=1S/C15H19ClN2O3S/c1-3-4-7-17-8-10-18(11-9-17)22(19,20)13-5-6-14(16)15(12-13)21-2/h1,5-6,12H,4,7-11H2,2H3. The molecule has 7 heteroatoms. The summed E-state index contributed by atoms with van der Waals surface area (Å²) in [7, 11) is -2.07. The van der Waals surface area contributed by atoms with Gasteiger partial charge < -0.3 is 4.74 Å². The molecule has 0 aromatic heterocycles. The average molecular weight is 343 g/mol. The molecule has 0 radical (unpaired) electrons. The SMILES string of the molecule is C#CCCN1CCN(S(=O)(=O)c2ccc(Cl)c(OC)c2)CC1. The van der Waals surface area contributed by atoms with Gasteiger partial charge in [0.15, 0.2) is 0 Å². The summed E-state index contributed by atoms with van der Waals surface area (Å²) in [5.41, 5.74) is 0. The van der Waals surface area contributed by atoms with Crippen LogP contribution >= 0.6 is 11.6 Å². The molecule has 120 valence electrons. The number of piperazine rings is 1. The molecule has 0 bridgehead atoms. The lowest BCUT2D eigenvalue weighted by molar-refractivity contribution is 0.192. The molecule has 1 heterocycles. The van der Waals surface area contributed by atoms with Crippen LogP contribution in [0.15, 0.2) is 23.1 Å². The molecule has 0 N–H and O–H groups in total. The third-order valence-electron chi connectivity index (χ3n) is 3.66. The van der Waals surface area contributed by atoms with Crippen LogP contribution in [-0.4, -0.2) is 57.5 Å². The molecular weight excluding hydrogens is 324 g/mol. The molecule has 1 saturated heterocycles. The molecular formula is C15H19ClN2O3S. The molecule has 1 aliphatic rings. The van der Waals surface area contributed by atoms with E-state index in [1.807, 2.05) is 0 Å². The lowest BCUT2D eigenvalue weighted by Gasteiger charge is -2.33. The largest absolute Gasteiger partial charge is 0.495 e. The van der Waals surface area contributed by atoms with E-state index in [0.717, 1.165) is 6.54 Å². The number of nitrogens with zero attached hydrogens (tertiary/aromatic N) is 2. The van der Waals surface area contributed by atoms with E-state index >= 15 is 0 Å². The zero-order chi connectivity index (χ0) is 16.2. The lowest BCUT2D eigenvalue weighted by atomic mass is 10.3. The maximum Gasteiger partial charge on any atom is 0.243 e. The summed E-state index contributed by atoms with van der Waals surface area (Å²) >= 11 is 5.94. The number of terminal acetylenes is 1. The molecule has 1 aliphatic heterocycles. The van der Waals surface area contributed by atoms with Crippen LogP contribution < -0.4 is 4.74 Å². The zero-order valence-electron chi connectivity index (χ0n) is 12.5. The number of ether oxygens (including phenoxy) is 1. The first-order chi connectivity index (χ1) is 10.5. The van der Waals surface area contributed by atoms with Gasteiger partial charge in [-0.15, -0.1) is 12.3 Å². The number of benzene rings is 1. The molecule has 22 heavy (non-hydrogen) atoms. The summed E-state index contributed by atoms with van der Waals surface area (Å²) in [5.74, 6) is 2.96. The first-order valence-corrected chi connectivity index (χ1v) is 8.80. The zero-order valence-corrected chi connectivity index (χ0v) is 14.0. The second-order valence-electron chi connectivity index (χ2n) is 5.00. The lowest BCUT2D eigenvalue weighted by Crippen LogP contribution is -2.48. The molecule has 0 saturated carbocycles. The van der Waals surface area contributed by atoms with Crippen LogP contribution in [0, 0.1) is 12.3 Å². The molecule has 0 atom stereocenters. The van der Waals surface area contributed by atoms with E-state index in [2.05, 4.69) is 10.8 Å². The van der Waals surface area contributed by atoms with E-state index in [9.17, 15) is 8.42 Å². The number of halogens is 1. The van der Waals surface area contributed by atoms with Crippen molar-refractivity contribution in [3.05, 3.63) is 23.2 Å². The fraction of sp³-hybridized carbons (Fsp3) is 0.467. The Hall–Kier alpha value is -1.26. The van der Waals surface area contributed by atoms with Crippen molar-refractivity contribution in [2.75, 3.05) is 39.8 Å². The van der Waals surface area contributed by atoms with Gasteiger partial charge in [-0.2, -0.15) is 4.31 Å². The van der Waals surface area contributed by atoms with Crippen LogP contribution in [0.5, 0.6) is 5.75 Å². The second-order valence-corrected chi connectivity index (χ2v) is 7.34. The Morgan fingerprint density at radius 3 is 2.59 bits per heavy atom. The first-order valence-electron chi connectivity index (χ1n) is 6.98. The Balaban J connectivity index is 2.10. The fourth-order valence-corrected chi connectivity index (χ4v) is 4.00. The predicted octanol–water partition coefficient (Wildman–Crippen LogP) is 1.68. The Morgan fingerprint density at radius 1 is 1.32 bits per heavy atom. The normalized spacial score (nSPS) is 17.1. The second kappa shape index (κ2) is 7.34. The minimum absolute atomic E-state index is 0.200.